The summed E-state index contributed by atoms with van der Waals surface area (Å²) in [4.78, 5) is 32.3. The first-order chi connectivity index (χ1) is 14.9. The fraction of sp³-hybridized carbons (Fsp3) is 0.192. The molecule has 0 aliphatic carbocycles. The number of nitrogens with zero attached hydrogens (tertiary/aromatic N) is 2. The van der Waals surface area contributed by atoms with Crippen LogP contribution in [0.15, 0.2) is 66.7 Å². The molecule has 1 unspecified atom stereocenters. The summed E-state index contributed by atoms with van der Waals surface area (Å²) in [6.07, 6.45) is -0.0625. The maximum atomic E-state index is 13.4. The molecular formula is C26H22N2O3. The van der Waals surface area contributed by atoms with Crippen LogP contribution in [0.2, 0.25) is 0 Å². The molecule has 5 heteroatoms. The quantitative estimate of drug-likeness (QED) is 0.358. The summed E-state index contributed by atoms with van der Waals surface area (Å²) >= 11 is 0. The van der Waals surface area contributed by atoms with Crippen LogP contribution in [-0.4, -0.2) is 31.0 Å². The van der Waals surface area contributed by atoms with E-state index in [0.717, 1.165) is 38.5 Å². The molecule has 0 fully saturated rings. The van der Waals surface area contributed by atoms with Gasteiger partial charge in [0.25, 0.3) is 0 Å². The maximum absolute atomic E-state index is 13.4. The summed E-state index contributed by atoms with van der Waals surface area (Å²) in [6, 6.07) is 22.3. The predicted octanol–water partition coefficient (Wildman–Crippen LogP) is 4.85. The highest BCUT2D eigenvalue weighted by atomic mass is 16.5. The van der Waals surface area contributed by atoms with Crippen LogP contribution in [0, 0.1) is 0 Å². The molecule has 5 nitrogen and oxygen atoms in total. The van der Waals surface area contributed by atoms with Gasteiger partial charge in [0, 0.05) is 17.8 Å². The molecule has 1 aliphatic rings. The summed E-state index contributed by atoms with van der Waals surface area (Å²) in [5.41, 5.74) is 3.28. The lowest BCUT2D eigenvalue weighted by Crippen LogP contribution is -2.48. The highest BCUT2D eigenvalue weighted by Crippen LogP contribution is 2.45. The van der Waals surface area contributed by atoms with E-state index in [0.29, 0.717) is 5.69 Å². The minimum Gasteiger partial charge on any atom is -0.469 e. The van der Waals surface area contributed by atoms with E-state index < -0.39 is 11.4 Å². The number of ether oxygens (including phenoxy) is 1. The Bertz CT molecular complexity index is 1360. The monoisotopic (exact) mass is 410 g/mol. The number of benzene rings is 3. The number of pyridine rings is 1. The van der Waals surface area contributed by atoms with Gasteiger partial charge in [-0.05, 0) is 35.6 Å². The Kier molecular flexibility index (Phi) is 4.29. The van der Waals surface area contributed by atoms with Crippen LogP contribution >= 0.6 is 0 Å². The highest BCUT2D eigenvalue weighted by Gasteiger charge is 2.46. The molecule has 3 aromatic carbocycles. The summed E-state index contributed by atoms with van der Waals surface area (Å²) in [6.45, 7) is 1.79. The number of carbonyl (C=O) groups is 2. The van der Waals surface area contributed by atoms with Crippen molar-refractivity contribution in [1.29, 1.82) is 0 Å². The zero-order valence-electron chi connectivity index (χ0n) is 17.7. The van der Waals surface area contributed by atoms with Crippen molar-refractivity contribution in [2.75, 3.05) is 19.1 Å². The highest BCUT2D eigenvalue weighted by molar-refractivity contribution is 6.20. The summed E-state index contributed by atoms with van der Waals surface area (Å²) in [5, 5.41) is 2.95. The number of rotatable bonds is 3. The Morgan fingerprint density at radius 3 is 2.52 bits per heavy atom. The van der Waals surface area contributed by atoms with E-state index in [1.165, 1.54) is 7.11 Å². The third-order valence-corrected chi connectivity index (χ3v) is 6.29. The second kappa shape index (κ2) is 6.91. The van der Waals surface area contributed by atoms with E-state index in [1.54, 1.807) is 18.9 Å². The molecule has 31 heavy (non-hydrogen) atoms. The molecule has 0 radical (unpaired) electrons. The van der Waals surface area contributed by atoms with E-state index in [2.05, 4.69) is 36.4 Å². The Morgan fingerprint density at radius 2 is 1.77 bits per heavy atom. The van der Waals surface area contributed by atoms with Gasteiger partial charge in [-0.3, -0.25) is 14.6 Å². The Hall–Kier alpha value is -3.73. The first-order valence-corrected chi connectivity index (χ1v) is 10.2. The van der Waals surface area contributed by atoms with E-state index in [1.807, 2.05) is 30.3 Å². The van der Waals surface area contributed by atoms with Crippen molar-refractivity contribution >= 4 is 39.2 Å². The number of amides is 1. The Labute approximate surface area is 180 Å². The molecule has 0 bridgehead atoms. The smallest absolute Gasteiger partial charge is 0.306 e. The van der Waals surface area contributed by atoms with E-state index >= 15 is 0 Å². The molecule has 4 aromatic rings. The zero-order chi connectivity index (χ0) is 21.8. The number of likely N-dealkylation sites (N-methyl/N-ethyl adjacent to an activating group) is 1. The average molecular weight is 410 g/mol. The number of aromatic nitrogens is 1. The van der Waals surface area contributed by atoms with Crippen LogP contribution in [0.5, 0.6) is 0 Å². The van der Waals surface area contributed by atoms with Gasteiger partial charge in [-0.15, -0.1) is 0 Å². The first kappa shape index (κ1) is 19.2. The van der Waals surface area contributed by atoms with Crippen LogP contribution in [0.1, 0.15) is 19.0 Å². The van der Waals surface area contributed by atoms with Crippen molar-refractivity contribution in [3.05, 3.63) is 72.4 Å². The van der Waals surface area contributed by atoms with Gasteiger partial charge in [-0.2, -0.15) is 0 Å². The molecule has 5 rings (SSSR count). The van der Waals surface area contributed by atoms with E-state index in [4.69, 9.17) is 9.72 Å². The second-order valence-electron chi connectivity index (χ2n) is 8.21. The number of carbonyl (C=O) groups excluding carboxylic acids is 2. The van der Waals surface area contributed by atoms with Gasteiger partial charge in [0.05, 0.1) is 30.4 Å². The third kappa shape index (κ3) is 2.81. The van der Waals surface area contributed by atoms with Crippen molar-refractivity contribution in [2.24, 2.45) is 0 Å². The van der Waals surface area contributed by atoms with Gasteiger partial charge in [-0.25, -0.2) is 0 Å². The van der Waals surface area contributed by atoms with E-state index in [-0.39, 0.29) is 12.3 Å². The number of fused-ring (bicyclic) bond motifs is 2. The number of hydrogen-bond donors (Lipinski definition) is 0. The second-order valence-corrected chi connectivity index (χ2v) is 8.21. The largest absolute Gasteiger partial charge is 0.469 e. The lowest BCUT2D eigenvalue weighted by molar-refractivity contribution is -0.144. The average Bonchev–Trinajstić information content (AvgIpc) is 2.81. The number of anilines is 1. The van der Waals surface area contributed by atoms with Gasteiger partial charge < -0.3 is 9.64 Å². The van der Waals surface area contributed by atoms with Crippen molar-refractivity contribution in [3.63, 3.8) is 0 Å². The molecule has 0 saturated carbocycles. The van der Waals surface area contributed by atoms with Crippen molar-refractivity contribution in [1.82, 2.24) is 4.98 Å². The van der Waals surface area contributed by atoms with Crippen LogP contribution in [-0.2, 0) is 19.7 Å². The van der Waals surface area contributed by atoms with Crippen LogP contribution in [0.4, 0.5) is 5.69 Å². The molecular weight excluding hydrogens is 388 g/mol. The standard InChI is InChI=1S/C26H22N2O3/c1-26(15-22(29)31-3)24-23-19(10-7-11-21(23)28(2)25(26)30)18-13-12-17(14-20(18)27-24)16-8-5-4-6-9-16/h4-14H,15H2,1-3H3. The fourth-order valence-corrected chi connectivity index (χ4v) is 4.63. The molecule has 0 saturated heterocycles. The maximum Gasteiger partial charge on any atom is 0.306 e. The topological polar surface area (TPSA) is 59.5 Å². The van der Waals surface area contributed by atoms with E-state index in [9.17, 15) is 9.59 Å². The predicted molar refractivity (Wildman–Crippen MR) is 122 cm³/mol. The van der Waals surface area contributed by atoms with Gasteiger partial charge in [0.15, 0.2) is 0 Å². The van der Waals surface area contributed by atoms with Gasteiger partial charge in [0.1, 0.15) is 5.41 Å². The zero-order valence-corrected chi connectivity index (χ0v) is 17.7. The Morgan fingerprint density at radius 1 is 1.00 bits per heavy atom. The molecule has 1 aromatic heterocycles. The molecule has 1 amide bonds. The molecule has 0 N–H and O–H groups in total. The van der Waals surface area contributed by atoms with Crippen molar-refractivity contribution in [2.45, 2.75) is 18.8 Å². The SMILES string of the molecule is COC(=O)CC1(C)C(=O)N(C)c2cccc3c2c1nc1cc(-c2ccccc2)ccc13. The van der Waals surface area contributed by atoms with Crippen molar-refractivity contribution in [3.8, 4) is 11.1 Å². The number of esters is 1. The molecule has 2 heterocycles. The molecule has 1 aliphatic heterocycles. The lowest BCUT2D eigenvalue weighted by Gasteiger charge is -2.38. The van der Waals surface area contributed by atoms with Crippen LogP contribution < -0.4 is 4.90 Å². The summed E-state index contributed by atoms with van der Waals surface area (Å²) < 4.78 is 4.91. The fourth-order valence-electron chi connectivity index (χ4n) is 4.63. The minimum absolute atomic E-state index is 0.0625. The third-order valence-electron chi connectivity index (χ3n) is 6.29. The van der Waals surface area contributed by atoms with Crippen LogP contribution in [0.3, 0.4) is 0 Å². The number of methoxy groups -OCH3 is 1. The summed E-state index contributed by atoms with van der Waals surface area (Å²) in [7, 11) is 3.09. The lowest BCUT2D eigenvalue weighted by atomic mass is 9.76. The van der Waals surface area contributed by atoms with Gasteiger partial charge in [-0.1, -0.05) is 54.6 Å². The first-order valence-electron chi connectivity index (χ1n) is 10.2. The minimum atomic E-state index is -1.11. The number of hydrogen-bond acceptors (Lipinski definition) is 4. The molecule has 1 atom stereocenters. The molecule has 154 valence electrons. The summed E-state index contributed by atoms with van der Waals surface area (Å²) in [5.74, 6) is -0.597. The molecule has 0 spiro atoms. The van der Waals surface area contributed by atoms with Gasteiger partial charge in [0.2, 0.25) is 5.91 Å². The Balaban J connectivity index is 1.84. The normalized spacial score (nSPS) is 17.9. The van der Waals surface area contributed by atoms with Crippen LogP contribution in [0.25, 0.3) is 32.8 Å². The van der Waals surface area contributed by atoms with Gasteiger partial charge >= 0.3 is 5.97 Å². The van der Waals surface area contributed by atoms with Crippen molar-refractivity contribution < 1.29 is 14.3 Å².